The van der Waals surface area contributed by atoms with E-state index in [-0.39, 0.29) is 31.3 Å². The number of carboxylic acid groups (broad SMARTS) is 1. The number of carbonyl (C=O) groups excluding carboxylic acids is 1. The molecule has 4 N–H and O–H groups in total. The summed E-state index contributed by atoms with van der Waals surface area (Å²) in [6.45, 7) is 0.0222. The van der Waals surface area contributed by atoms with Crippen LogP contribution in [0.15, 0.2) is 42.5 Å². The zero-order chi connectivity index (χ0) is 19.6. The molecule has 0 bridgehead atoms. The van der Waals surface area contributed by atoms with Crippen molar-refractivity contribution in [3.63, 3.8) is 0 Å². The number of carbonyl (C=O) groups is 2. The lowest BCUT2D eigenvalue weighted by atomic mass is 9.91. The summed E-state index contributed by atoms with van der Waals surface area (Å²) < 4.78 is 5.24. The molecule has 4 atom stereocenters. The third-order valence-electron chi connectivity index (χ3n) is 4.78. The molecule has 2 rings (SSSR count). The van der Waals surface area contributed by atoms with Gasteiger partial charge in [0.1, 0.15) is 0 Å². The maximum absolute atomic E-state index is 11.9. The van der Waals surface area contributed by atoms with Gasteiger partial charge in [0.15, 0.2) is 0 Å². The number of benzene rings is 1. The molecule has 1 aromatic rings. The van der Waals surface area contributed by atoms with E-state index in [2.05, 4.69) is 5.32 Å². The number of carboxylic acids is 1. The summed E-state index contributed by atoms with van der Waals surface area (Å²) in [5, 5.41) is 31.6. The molecule has 1 aliphatic carbocycles. The Morgan fingerprint density at radius 1 is 1.11 bits per heavy atom. The molecule has 1 amide bonds. The van der Waals surface area contributed by atoms with Crippen LogP contribution in [-0.2, 0) is 9.53 Å². The highest BCUT2D eigenvalue weighted by Gasteiger charge is 2.41. The second-order valence-electron chi connectivity index (χ2n) is 6.78. The summed E-state index contributed by atoms with van der Waals surface area (Å²) in [7, 11) is 0. The van der Waals surface area contributed by atoms with E-state index in [0.29, 0.717) is 24.9 Å². The van der Waals surface area contributed by atoms with Gasteiger partial charge in [-0.05, 0) is 43.7 Å². The zero-order valence-corrected chi connectivity index (χ0v) is 15.2. The second-order valence-corrected chi connectivity index (χ2v) is 6.78. The van der Waals surface area contributed by atoms with Crippen molar-refractivity contribution in [3.05, 3.63) is 42.5 Å². The Morgan fingerprint density at radius 3 is 2.52 bits per heavy atom. The van der Waals surface area contributed by atoms with Crippen LogP contribution < -0.4 is 5.32 Å². The third-order valence-corrected chi connectivity index (χ3v) is 4.78. The lowest BCUT2D eigenvalue weighted by Gasteiger charge is -2.22. The van der Waals surface area contributed by atoms with Gasteiger partial charge in [-0.1, -0.05) is 30.4 Å². The van der Waals surface area contributed by atoms with Gasteiger partial charge in [-0.15, -0.1) is 0 Å². The molecule has 0 unspecified atom stereocenters. The fourth-order valence-electron chi connectivity index (χ4n) is 3.32. The van der Waals surface area contributed by atoms with Gasteiger partial charge in [-0.25, -0.2) is 4.79 Å². The molecule has 0 heterocycles. The summed E-state index contributed by atoms with van der Waals surface area (Å²) in [4.78, 5) is 22.4. The zero-order valence-electron chi connectivity index (χ0n) is 15.2. The van der Waals surface area contributed by atoms with Gasteiger partial charge in [-0.2, -0.15) is 0 Å². The summed E-state index contributed by atoms with van der Waals surface area (Å²) in [6, 6.07) is 8.92. The molecule has 0 aliphatic heterocycles. The Morgan fingerprint density at radius 2 is 1.81 bits per heavy atom. The molecule has 7 nitrogen and oxygen atoms in total. The molecule has 7 heteroatoms. The van der Waals surface area contributed by atoms with Crippen LogP contribution in [0.3, 0.4) is 0 Å². The fourth-order valence-corrected chi connectivity index (χ4v) is 3.32. The van der Waals surface area contributed by atoms with Gasteiger partial charge >= 0.3 is 12.1 Å². The Hall–Kier alpha value is -2.38. The van der Waals surface area contributed by atoms with Crippen LogP contribution >= 0.6 is 0 Å². The first-order valence-corrected chi connectivity index (χ1v) is 9.19. The number of aliphatic hydroxyl groups is 2. The third kappa shape index (κ3) is 7.03. The topological polar surface area (TPSA) is 116 Å². The van der Waals surface area contributed by atoms with Crippen molar-refractivity contribution >= 4 is 17.7 Å². The molecule has 1 aromatic carbocycles. The Kier molecular flexibility index (Phi) is 8.29. The number of hydrogen-bond acceptors (Lipinski definition) is 5. The van der Waals surface area contributed by atoms with Crippen molar-refractivity contribution in [1.82, 2.24) is 0 Å². The number of aliphatic hydroxyl groups excluding tert-OH is 2. The van der Waals surface area contributed by atoms with Crippen LogP contribution in [0, 0.1) is 11.8 Å². The summed E-state index contributed by atoms with van der Waals surface area (Å²) in [5.41, 5.74) is 0.621. The molecular weight excluding hydrogens is 350 g/mol. The molecule has 0 radical (unpaired) electrons. The molecule has 27 heavy (non-hydrogen) atoms. The second kappa shape index (κ2) is 10.7. The van der Waals surface area contributed by atoms with E-state index in [1.54, 1.807) is 24.3 Å². The number of allylic oxidation sites excluding steroid dienone is 2. The minimum absolute atomic E-state index is 0.0222. The number of nitrogens with one attached hydrogen (secondary N) is 1. The number of aliphatic carboxylic acids is 1. The smallest absolute Gasteiger partial charge is 0.411 e. The predicted molar refractivity (Wildman–Crippen MR) is 100 cm³/mol. The SMILES string of the molecule is O=C(O)CCC/C=C\C[C@@H]1[C@@H](COC(=O)Nc2ccccc2)[C@H](O)C[C@@H]1O. The van der Waals surface area contributed by atoms with Crippen LogP contribution in [0.25, 0.3) is 0 Å². The normalized spacial score (nSPS) is 24.8. The molecule has 0 spiro atoms. The average Bonchev–Trinajstić information content (AvgIpc) is 2.89. The van der Waals surface area contributed by atoms with Crippen LogP contribution in [0.2, 0.25) is 0 Å². The first-order valence-electron chi connectivity index (χ1n) is 9.19. The summed E-state index contributed by atoms with van der Waals surface area (Å²) in [6.07, 6.45) is 3.94. The molecule has 1 aliphatic rings. The van der Waals surface area contributed by atoms with Gasteiger partial charge in [0, 0.05) is 18.0 Å². The molecule has 1 saturated carbocycles. The number of rotatable bonds is 9. The van der Waals surface area contributed by atoms with Crippen molar-refractivity contribution in [2.45, 2.75) is 44.3 Å². The first kappa shape index (κ1) is 20.9. The van der Waals surface area contributed by atoms with Crippen molar-refractivity contribution in [2.75, 3.05) is 11.9 Å². The minimum Gasteiger partial charge on any atom is -0.481 e. The lowest BCUT2D eigenvalue weighted by molar-refractivity contribution is -0.137. The highest BCUT2D eigenvalue weighted by atomic mass is 16.5. The monoisotopic (exact) mass is 377 g/mol. The Balaban J connectivity index is 1.79. The van der Waals surface area contributed by atoms with Crippen LogP contribution in [-0.4, -0.2) is 46.2 Å². The predicted octanol–water partition coefficient (Wildman–Crippen LogP) is 2.79. The van der Waals surface area contributed by atoms with E-state index in [1.165, 1.54) is 0 Å². The molecular formula is C20H27NO6. The van der Waals surface area contributed by atoms with Crippen LogP contribution in [0.4, 0.5) is 10.5 Å². The van der Waals surface area contributed by atoms with Crippen molar-refractivity contribution in [1.29, 1.82) is 0 Å². The maximum Gasteiger partial charge on any atom is 0.411 e. The maximum atomic E-state index is 11.9. The van der Waals surface area contributed by atoms with Gasteiger partial charge < -0.3 is 20.1 Å². The van der Waals surface area contributed by atoms with E-state index >= 15 is 0 Å². The molecule has 0 saturated heterocycles. The van der Waals surface area contributed by atoms with Gasteiger partial charge in [0.2, 0.25) is 0 Å². The number of hydrogen-bond donors (Lipinski definition) is 4. The van der Waals surface area contributed by atoms with Gasteiger partial charge in [0.05, 0.1) is 18.8 Å². The fraction of sp³-hybridized carbons (Fsp3) is 0.500. The van der Waals surface area contributed by atoms with E-state index in [9.17, 15) is 19.8 Å². The Labute approximate surface area is 158 Å². The standard InChI is InChI=1S/C20H27NO6/c22-17-12-18(23)16(15(17)10-6-1-2-7-11-19(24)25)13-27-20(26)21-14-8-4-3-5-9-14/h1,3-6,8-9,15-18,22-23H,2,7,10-13H2,(H,21,26)(H,24,25)/b6-1-/t15-,16-,17+,18-/m1/s1. The number of amides is 1. The number of ether oxygens (including phenoxy) is 1. The van der Waals surface area contributed by atoms with Crippen molar-refractivity contribution in [2.24, 2.45) is 11.8 Å². The van der Waals surface area contributed by atoms with Crippen LogP contribution in [0.5, 0.6) is 0 Å². The highest BCUT2D eigenvalue weighted by Crippen LogP contribution is 2.35. The van der Waals surface area contributed by atoms with E-state index in [1.807, 2.05) is 18.2 Å². The first-order chi connectivity index (χ1) is 13.0. The lowest BCUT2D eigenvalue weighted by Crippen LogP contribution is -2.28. The quantitative estimate of drug-likeness (QED) is 0.388. The average molecular weight is 377 g/mol. The minimum atomic E-state index is -0.816. The number of anilines is 1. The molecule has 1 fully saturated rings. The number of para-hydroxylation sites is 1. The number of unbranched alkanes of at least 4 members (excludes halogenated alkanes) is 1. The summed E-state index contributed by atoms with van der Waals surface area (Å²) >= 11 is 0. The molecule has 148 valence electrons. The van der Waals surface area contributed by atoms with Crippen molar-refractivity contribution < 1.29 is 29.6 Å². The van der Waals surface area contributed by atoms with E-state index in [4.69, 9.17) is 9.84 Å². The van der Waals surface area contributed by atoms with Crippen molar-refractivity contribution in [3.8, 4) is 0 Å². The van der Waals surface area contributed by atoms with Gasteiger partial charge in [0.25, 0.3) is 0 Å². The van der Waals surface area contributed by atoms with E-state index in [0.717, 1.165) is 0 Å². The van der Waals surface area contributed by atoms with Gasteiger partial charge in [-0.3, -0.25) is 10.1 Å². The summed E-state index contributed by atoms with van der Waals surface area (Å²) in [5.74, 6) is -1.37. The largest absolute Gasteiger partial charge is 0.481 e. The van der Waals surface area contributed by atoms with Crippen LogP contribution in [0.1, 0.15) is 32.1 Å². The molecule has 0 aromatic heterocycles. The highest BCUT2D eigenvalue weighted by molar-refractivity contribution is 5.84. The van der Waals surface area contributed by atoms with E-state index < -0.39 is 24.3 Å². The Bertz CT molecular complexity index is 633.